The molecule has 0 aliphatic heterocycles. The summed E-state index contributed by atoms with van der Waals surface area (Å²) in [5.74, 6) is 1.69. The summed E-state index contributed by atoms with van der Waals surface area (Å²) < 4.78 is 12.3. The van der Waals surface area contributed by atoms with Crippen molar-refractivity contribution in [3.05, 3.63) is 47.5 Å². The van der Waals surface area contributed by atoms with Crippen LogP contribution in [0.1, 0.15) is 0 Å². The van der Waals surface area contributed by atoms with E-state index in [4.69, 9.17) is 21.1 Å². The second-order valence-corrected chi connectivity index (χ2v) is 4.81. The van der Waals surface area contributed by atoms with Gasteiger partial charge in [-0.25, -0.2) is 0 Å². The van der Waals surface area contributed by atoms with Crippen molar-refractivity contribution in [2.24, 2.45) is 0 Å². The van der Waals surface area contributed by atoms with Gasteiger partial charge in [0.1, 0.15) is 0 Å². The predicted molar refractivity (Wildman–Crippen MR) is 82.7 cm³/mol. The van der Waals surface area contributed by atoms with Crippen molar-refractivity contribution in [2.45, 2.75) is 0 Å². The molecule has 22 heavy (non-hydrogen) atoms. The molecule has 7 heteroatoms. The molecule has 0 aliphatic carbocycles. The number of tetrazole rings is 1. The number of rotatable bonds is 4. The lowest BCUT2D eigenvalue weighted by atomic mass is 10.1. The van der Waals surface area contributed by atoms with Crippen LogP contribution in [0, 0.1) is 0 Å². The van der Waals surface area contributed by atoms with Crippen molar-refractivity contribution < 1.29 is 9.47 Å². The average Bonchev–Trinajstić information content (AvgIpc) is 3.03. The van der Waals surface area contributed by atoms with Crippen LogP contribution in [0.2, 0.25) is 5.02 Å². The number of hydrogen-bond acceptors (Lipinski definition) is 5. The van der Waals surface area contributed by atoms with E-state index < -0.39 is 0 Å². The molecule has 3 rings (SSSR count). The van der Waals surface area contributed by atoms with E-state index in [0.29, 0.717) is 33.6 Å². The first-order chi connectivity index (χ1) is 10.8. The maximum absolute atomic E-state index is 6.24. The molecule has 1 heterocycles. The van der Waals surface area contributed by atoms with Crippen LogP contribution < -0.4 is 9.47 Å². The SMILES string of the molecule is COc1cccc(-c2nnnn2-c2ccccc2Cl)c1OC. The van der Waals surface area contributed by atoms with E-state index in [9.17, 15) is 0 Å². The number of methoxy groups -OCH3 is 2. The lowest BCUT2D eigenvalue weighted by Crippen LogP contribution is -2.02. The van der Waals surface area contributed by atoms with Gasteiger partial charge < -0.3 is 9.47 Å². The number of nitrogens with zero attached hydrogens (tertiary/aromatic N) is 4. The van der Waals surface area contributed by atoms with E-state index in [2.05, 4.69) is 15.5 Å². The largest absolute Gasteiger partial charge is 0.493 e. The normalized spacial score (nSPS) is 10.5. The van der Waals surface area contributed by atoms with Crippen LogP contribution in [-0.2, 0) is 0 Å². The van der Waals surface area contributed by atoms with Crippen LogP contribution in [0.25, 0.3) is 17.1 Å². The number of halogens is 1. The maximum atomic E-state index is 6.24. The lowest BCUT2D eigenvalue weighted by Gasteiger charge is -2.12. The van der Waals surface area contributed by atoms with Gasteiger partial charge in [0.05, 0.1) is 30.5 Å². The number of aromatic nitrogens is 4. The molecule has 1 aromatic heterocycles. The number of benzene rings is 2. The molecule has 0 saturated carbocycles. The first-order valence-corrected chi connectivity index (χ1v) is 6.88. The van der Waals surface area contributed by atoms with E-state index in [1.54, 1.807) is 25.0 Å². The van der Waals surface area contributed by atoms with Crippen molar-refractivity contribution in [1.29, 1.82) is 0 Å². The minimum absolute atomic E-state index is 0.517. The smallest absolute Gasteiger partial charge is 0.191 e. The summed E-state index contributed by atoms with van der Waals surface area (Å²) in [6, 6.07) is 12.9. The van der Waals surface area contributed by atoms with Gasteiger partial charge in [-0.3, -0.25) is 0 Å². The Balaban J connectivity index is 2.20. The highest BCUT2D eigenvalue weighted by molar-refractivity contribution is 6.32. The van der Waals surface area contributed by atoms with E-state index in [0.717, 1.165) is 0 Å². The van der Waals surface area contributed by atoms with Gasteiger partial charge in [0.2, 0.25) is 0 Å². The molecule has 0 spiro atoms. The molecule has 0 amide bonds. The van der Waals surface area contributed by atoms with Crippen molar-refractivity contribution in [2.75, 3.05) is 14.2 Å². The molecule has 6 nitrogen and oxygen atoms in total. The zero-order valence-electron chi connectivity index (χ0n) is 12.0. The van der Waals surface area contributed by atoms with Gasteiger partial charge in [-0.1, -0.05) is 29.8 Å². The third-order valence-corrected chi connectivity index (χ3v) is 3.51. The molecule has 0 unspecified atom stereocenters. The molecule has 2 aromatic carbocycles. The van der Waals surface area contributed by atoms with Gasteiger partial charge in [-0.15, -0.1) is 5.10 Å². The summed E-state index contributed by atoms with van der Waals surface area (Å²) in [6.45, 7) is 0. The van der Waals surface area contributed by atoms with Crippen LogP contribution in [0.3, 0.4) is 0 Å². The minimum atomic E-state index is 0.517. The molecule has 0 fully saturated rings. The maximum Gasteiger partial charge on any atom is 0.191 e. The quantitative estimate of drug-likeness (QED) is 0.740. The van der Waals surface area contributed by atoms with E-state index in [1.165, 1.54) is 0 Å². The summed E-state index contributed by atoms with van der Waals surface area (Å²) in [5, 5.41) is 12.4. The summed E-state index contributed by atoms with van der Waals surface area (Å²) in [6.07, 6.45) is 0. The number of ether oxygens (including phenoxy) is 2. The fourth-order valence-electron chi connectivity index (χ4n) is 2.20. The van der Waals surface area contributed by atoms with Gasteiger partial charge in [0.15, 0.2) is 17.3 Å². The Morgan fingerprint density at radius 2 is 1.82 bits per heavy atom. The highest BCUT2D eigenvalue weighted by atomic mass is 35.5. The predicted octanol–water partition coefficient (Wildman–Crippen LogP) is 3.00. The third kappa shape index (κ3) is 2.37. The van der Waals surface area contributed by atoms with Gasteiger partial charge in [-0.2, -0.15) is 4.68 Å². The Morgan fingerprint density at radius 3 is 2.55 bits per heavy atom. The Bertz CT molecular complexity index is 804. The molecule has 0 bridgehead atoms. The van der Waals surface area contributed by atoms with Gasteiger partial charge >= 0.3 is 0 Å². The number of hydrogen-bond donors (Lipinski definition) is 0. The van der Waals surface area contributed by atoms with E-state index in [-0.39, 0.29) is 0 Å². The molecular weight excluding hydrogens is 304 g/mol. The summed E-state index contributed by atoms with van der Waals surface area (Å²) >= 11 is 6.24. The van der Waals surface area contributed by atoms with Crippen molar-refractivity contribution in [3.63, 3.8) is 0 Å². The third-order valence-electron chi connectivity index (χ3n) is 3.19. The fourth-order valence-corrected chi connectivity index (χ4v) is 2.42. The molecule has 3 aromatic rings. The highest BCUT2D eigenvalue weighted by Gasteiger charge is 2.19. The Labute approximate surface area is 132 Å². The number of para-hydroxylation sites is 2. The van der Waals surface area contributed by atoms with Gasteiger partial charge in [0.25, 0.3) is 0 Å². The molecule has 0 saturated heterocycles. The second-order valence-electron chi connectivity index (χ2n) is 4.41. The average molecular weight is 317 g/mol. The fraction of sp³-hybridized carbons (Fsp3) is 0.133. The zero-order valence-corrected chi connectivity index (χ0v) is 12.8. The van der Waals surface area contributed by atoms with Crippen molar-refractivity contribution >= 4 is 11.6 Å². The summed E-state index contributed by atoms with van der Waals surface area (Å²) in [4.78, 5) is 0. The molecule has 0 N–H and O–H groups in total. The standard InChI is InChI=1S/C15H13ClN4O2/c1-21-13-9-5-6-10(14(13)22-2)15-17-18-19-20(15)12-8-4-3-7-11(12)16/h3-9H,1-2H3. The molecule has 112 valence electrons. The first-order valence-electron chi connectivity index (χ1n) is 6.51. The Kier molecular flexibility index (Phi) is 3.93. The van der Waals surface area contributed by atoms with Crippen LogP contribution in [0.15, 0.2) is 42.5 Å². The Hall–Kier alpha value is -2.60. The van der Waals surface area contributed by atoms with Crippen LogP contribution >= 0.6 is 11.6 Å². The van der Waals surface area contributed by atoms with Crippen LogP contribution in [-0.4, -0.2) is 34.4 Å². The molecular formula is C15H13ClN4O2. The monoisotopic (exact) mass is 316 g/mol. The summed E-state index contributed by atoms with van der Waals surface area (Å²) in [5.41, 5.74) is 1.40. The molecule has 0 atom stereocenters. The van der Waals surface area contributed by atoms with Crippen LogP contribution in [0.5, 0.6) is 11.5 Å². The zero-order chi connectivity index (χ0) is 15.5. The van der Waals surface area contributed by atoms with Crippen molar-refractivity contribution in [1.82, 2.24) is 20.2 Å². The van der Waals surface area contributed by atoms with Gasteiger partial charge in [-0.05, 0) is 34.7 Å². The first kappa shape index (κ1) is 14.3. The molecule has 0 radical (unpaired) electrons. The molecule has 0 aliphatic rings. The lowest BCUT2D eigenvalue weighted by molar-refractivity contribution is 0.356. The Morgan fingerprint density at radius 1 is 1.00 bits per heavy atom. The second kappa shape index (κ2) is 6.03. The van der Waals surface area contributed by atoms with E-state index in [1.807, 2.05) is 36.4 Å². The highest BCUT2D eigenvalue weighted by Crippen LogP contribution is 2.37. The minimum Gasteiger partial charge on any atom is -0.493 e. The van der Waals surface area contributed by atoms with Crippen LogP contribution in [0.4, 0.5) is 0 Å². The van der Waals surface area contributed by atoms with Crippen molar-refractivity contribution in [3.8, 4) is 28.6 Å². The summed E-state index contributed by atoms with van der Waals surface area (Å²) in [7, 11) is 3.16. The van der Waals surface area contributed by atoms with Gasteiger partial charge in [0, 0.05) is 0 Å². The van der Waals surface area contributed by atoms with E-state index >= 15 is 0 Å². The topological polar surface area (TPSA) is 62.1 Å².